The lowest BCUT2D eigenvalue weighted by atomic mass is 9.88. The molecule has 2 fully saturated rings. The molecule has 19 heavy (non-hydrogen) atoms. The Labute approximate surface area is 116 Å². The molecule has 6 heteroatoms. The number of piperidine rings is 1. The second-order valence-corrected chi connectivity index (χ2v) is 8.28. The van der Waals surface area contributed by atoms with E-state index in [2.05, 4.69) is 18.6 Å². The van der Waals surface area contributed by atoms with E-state index >= 15 is 0 Å². The summed E-state index contributed by atoms with van der Waals surface area (Å²) in [6.07, 6.45) is 4.61. The summed E-state index contributed by atoms with van der Waals surface area (Å²) in [6, 6.07) is 0.0491. The molecule has 112 valence electrons. The number of nitrogens with zero attached hydrogens (tertiary/aromatic N) is 1. The second-order valence-electron chi connectivity index (χ2n) is 6.58. The van der Waals surface area contributed by atoms with Gasteiger partial charge in [-0.1, -0.05) is 20.3 Å². The van der Waals surface area contributed by atoms with Crippen molar-refractivity contribution in [2.75, 3.05) is 19.7 Å². The number of hydrogen-bond acceptors (Lipinski definition) is 3. The van der Waals surface area contributed by atoms with E-state index in [1.54, 1.807) is 0 Å². The summed E-state index contributed by atoms with van der Waals surface area (Å²) < 4.78 is 29.2. The number of aliphatic hydroxyl groups is 1. The number of aliphatic hydroxyl groups excluding tert-OH is 1. The average molecular weight is 290 g/mol. The molecule has 1 heterocycles. The van der Waals surface area contributed by atoms with Gasteiger partial charge in [0.25, 0.3) is 10.2 Å². The predicted molar refractivity (Wildman–Crippen MR) is 74.9 cm³/mol. The number of hydrogen-bond donors (Lipinski definition) is 2. The Morgan fingerprint density at radius 3 is 2.37 bits per heavy atom. The van der Waals surface area contributed by atoms with Crippen LogP contribution in [0.25, 0.3) is 0 Å². The number of nitrogens with one attached hydrogen (secondary N) is 1. The lowest BCUT2D eigenvalue weighted by molar-refractivity contribution is 0.168. The van der Waals surface area contributed by atoms with E-state index in [0.29, 0.717) is 13.1 Å². The summed E-state index contributed by atoms with van der Waals surface area (Å²) in [6.45, 7) is 5.47. The Hall–Kier alpha value is -0.170. The predicted octanol–water partition coefficient (Wildman–Crippen LogP) is 1.10. The maximum absolute atomic E-state index is 12.4. The normalized spacial score (nSPS) is 29.7. The van der Waals surface area contributed by atoms with Gasteiger partial charge in [0.2, 0.25) is 0 Å². The van der Waals surface area contributed by atoms with Crippen LogP contribution in [0.2, 0.25) is 0 Å². The molecule has 0 aromatic carbocycles. The molecule has 1 aliphatic heterocycles. The summed E-state index contributed by atoms with van der Waals surface area (Å²) in [5.41, 5.74) is 0.0521. The molecule has 1 atom stereocenters. The average Bonchev–Trinajstić information content (AvgIpc) is 2.68. The quantitative estimate of drug-likeness (QED) is 0.814. The van der Waals surface area contributed by atoms with Crippen LogP contribution in [0.1, 0.15) is 46.0 Å². The van der Waals surface area contributed by atoms with Crippen molar-refractivity contribution in [2.45, 2.75) is 52.0 Å². The standard InChI is InChI=1S/C13H26N2O3S/c1-13(2)7-3-4-12(13)14-19(17,18)15-8-5-11(10-16)6-9-15/h11-12,14,16H,3-10H2,1-2H3. The van der Waals surface area contributed by atoms with E-state index < -0.39 is 10.2 Å². The van der Waals surface area contributed by atoms with Crippen LogP contribution in [0, 0.1) is 11.3 Å². The zero-order valence-corrected chi connectivity index (χ0v) is 12.7. The molecule has 0 bridgehead atoms. The molecule has 0 aromatic heterocycles. The van der Waals surface area contributed by atoms with Crippen molar-refractivity contribution >= 4 is 10.2 Å². The SMILES string of the molecule is CC1(C)CCCC1NS(=O)(=O)N1CCC(CO)CC1. The van der Waals surface area contributed by atoms with Gasteiger partial charge in [0.15, 0.2) is 0 Å². The molecular formula is C13H26N2O3S. The highest BCUT2D eigenvalue weighted by atomic mass is 32.2. The van der Waals surface area contributed by atoms with Gasteiger partial charge in [-0.2, -0.15) is 17.4 Å². The molecule has 1 aliphatic carbocycles. The van der Waals surface area contributed by atoms with Crippen LogP contribution in [0.15, 0.2) is 0 Å². The van der Waals surface area contributed by atoms with Crippen LogP contribution < -0.4 is 4.72 Å². The van der Waals surface area contributed by atoms with Gasteiger partial charge in [0.1, 0.15) is 0 Å². The molecule has 1 saturated carbocycles. The topological polar surface area (TPSA) is 69.6 Å². The number of rotatable bonds is 4. The Kier molecular flexibility index (Phi) is 4.55. The van der Waals surface area contributed by atoms with E-state index in [1.165, 1.54) is 4.31 Å². The van der Waals surface area contributed by atoms with Crippen molar-refractivity contribution in [2.24, 2.45) is 11.3 Å². The minimum Gasteiger partial charge on any atom is -0.396 e. The summed E-state index contributed by atoms with van der Waals surface area (Å²) in [4.78, 5) is 0. The van der Waals surface area contributed by atoms with Gasteiger partial charge >= 0.3 is 0 Å². The first-order valence-electron chi connectivity index (χ1n) is 7.23. The van der Waals surface area contributed by atoms with Gasteiger partial charge in [0.05, 0.1) is 0 Å². The van der Waals surface area contributed by atoms with E-state index in [0.717, 1.165) is 32.1 Å². The summed E-state index contributed by atoms with van der Waals surface area (Å²) in [7, 11) is -3.37. The van der Waals surface area contributed by atoms with Crippen molar-refractivity contribution in [3.05, 3.63) is 0 Å². The molecule has 2 N–H and O–H groups in total. The fraction of sp³-hybridized carbons (Fsp3) is 1.00. The van der Waals surface area contributed by atoms with Crippen LogP contribution in [0.3, 0.4) is 0 Å². The highest BCUT2D eigenvalue weighted by Gasteiger charge is 2.38. The first kappa shape index (κ1) is 15.2. The Morgan fingerprint density at radius 2 is 1.89 bits per heavy atom. The Bertz CT molecular complexity index is 400. The zero-order valence-electron chi connectivity index (χ0n) is 11.9. The van der Waals surface area contributed by atoms with Crippen LogP contribution in [-0.2, 0) is 10.2 Å². The van der Waals surface area contributed by atoms with E-state index in [4.69, 9.17) is 5.11 Å². The third-order valence-corrected chi connectivity index (χ3v) is 6.35. The second kappa shape index (κ2) is 5.68. The van der Waals surface area contributed by atoms with Crippen molar-refractivity contribution in [1.82, 2.24) is 9.03 Å². The lowest BCUT2D eigenvalue weighted by Gasteiger charge is -2.34. The van der Waals surface area contributed by atoms with Crippen LogP contribution in [0.5, 0.6) is 0 Å². The minimum absolute atomic E-state index is 0.0491. The summed E-state index contributed by atoms with van der Waals surface area (Å²) in [5.74, 6) is 0.259. The van der Waals surface area contributed by atoms with Crippen LogP contribution in [-0.4, -0.2) is 43.6 Å². The first-order chi connectivity index (χ1) is 8.85. The highest BCUT2D eigenvalue weighted by Crippen LogP contribution is 2.37. The van der Waals surface area contributed by atoms with Gasteiger partial charge in [-0.05, 0) is 37.0 Å². The maximum atomic E-state index is 12.4. The van der Waals surface area contributed by atoms with Crippen LogP contribution >= 0.6 is 0 Å². The molecular weight excluding hydrogens is 264 g/mol. The van der Waals surface area contributed by atoms with E-state index in [1.807, 2.05) is 0 Å². The molecule has 0 aromatic rings. The minimum atomic E-state index is -3.37. The third kappa shape index (κ3) is 3.48. The Balaban J connectivity index is 1.96. The molecule has 0 radical (unpaired) electrons. The van der Waals surface area contributed by atoms with E-state index in [9.17, 15) is 8.42 Å². The molecule has 2 aliphatic rings. The summed E-state index contributed by atoms with van der Waals surface area (Å²) in [5, 5.41) is 9.09. The molecule has 2 rings (SSSR count). The van der Waals surface area contributed by atoms with Crippen molar-refractivity contribution in [3.8, 4) is 0 Å². The fourth-order valence-corrected chi connectivity index (χ4v) is 4.77. The molecule has 0 spiro atoms. The van der Waals surface area contributed by atoms with Crippen molar-refractivity contribution in [3.63, 3.8) is 0 Å². The zero-order chi connectivity index (χ0) is 14.1. The van der Waals surface area contributed by atoms with Gasteiger partial charge in [-0.15, -0.1) is 0 Å². The monoisotopic (exact) mass is 290 g/mol. The van der Waals surface area contributed by atoms with E-state index in [-0.39, 0.29) is 24.0 Å². The van der Waals surface area contributed by atoms with Gasteiger partial charge in [0, 0.05) is 25.7 Å². The molecule has 5 nitrogen and oxygen atoms in total. The summed E-state index contributed by atoms with van der Waals surface area (Å²) >= 11 is 0. The lowest BCUT2D eigenvalue weighted by Crippen LogP contribution is -2.50. The van der Waals surface area contributed by atoms with Crippen molar-refractivity contribution in [1.29, 1.82) is 0 Å². The van der Waals surface area contributed by atoms with Crippen molar-refractivity contribution < 1.29 is 13.5 Å². The third-order valence-electron chi connectivity index (χ3n) is 4.72. The molecule has 1 unspecified atom stereocenters. The van der Waals surface area contributed by atoms with Gasteiger partial charge in [-0.3, -0.25) is 0 Å². The van der Waals surface area contributed by atoms with Crippen LogP contribution in [0.4, 0.5) is 0 Å². The van der Waals surface area contributed by atoms with Gasteiger partial charge in [-0.25, -0.2) is 0 Å². The maximum Gasteiger partial charge on any atom is 0.279 e. The fourth-order valence-electron chi connectivity index (χ4n) is 3.13. The first-order valence-corrected chi connectivity index (χ1v) is 8.67. The molecule has 1 saturated heterocycles. The highest BCUT2D eigenvalue weighted by molar-refractivity contribution is 7.87. The Morgan fingerprint density at radius 1 is 1.26 bits per heavy atom. The molecule has 0 amide bonds. The largest absolute Gasteiger partial charge is 0.396 e. The smallest absolute Gasteiger partial charge is 0.279 e. The van der Waals surface area contributed by atoms with Gasteiger partial charge < -0.3 is 5.11 Å².